The zero-order valence-electron chi connectivity index (χ0n) is 10.8. The van der Waals surface area contributed by atoms with Crippen LogP contribution >= 0.6 is 0 Å². The Hall–Kier alpha value is -2.33. The minimum atomic E-state index is 0.831. The Kier molecular flexibility index (Phi) is 2.93. The highest BCUT2D eigenvalue weighted by atomic mass is 15.2. The molecule has 3 N–H and O–H groups in total. The number of nitrogens with two attached hydrogens (primary N) is 1. The van der Waals surface area contributed by atoms with E-state index in [4.69, 9.17) is 5.84 Å². The molecule has 1 aromatic heterocycles. The summed E-state index contributed by atoms with van der Waals surface area (Å²) in [5.74, 6) is 6.48. The topological polar surface area (TPSA) is 55.9 Å². The number of aryl methyl sites for hydroxylation is 1. The van der Waals surface area contributed by atoms with Gasteiger partial charge in [-0.15, -0.1) is 0 Å². The van der Waals surface area contributed by atoms with Crippen molar-refractivity contribution in [2.75, 3.05) is 5.43 Å². The molecule has 3 aromatic rings. The summed E-state index contributed by atoms with van der Waals surface area (Å²) in [6.07, 6.45) is 0.831. The average Bonchev–Trinajstić information content (AvgIpc) is 2.76. The smallest absolute Gasteiger partial charge is 0.114 e. The number of benzene rings is 2. The normalized spacial score (nSPS) is 10.8. The summed E-state index contributed by atoms with van der Waals surface area (Å²) in [4.78, 5) is 4.68. The summed E-state index contributed by atoms with van der Waals surface area (Å²) in [6.45, 7) is 0. The van der Waals surface area contributed by atoms with Crippen molar-refractivity contribution >= 4 is 16.7 Å². The minimum absolute atomic E-state index is 0.831. The third-order valence-electron chi connectivity index (χ3n) is 3.35. The third-order valence-corrected chi connectivity index (χ3v) is 3.35. The molecular weight excluding hydrogens is 236 g/mol. The number of nitrogens with zero attached hydrogens (tertiary/aromatic N) is 2. The summed E-state index contributed by atoms with van der Waals surface area (Å²) < 4.78 is 2.13. The van der Waals surface area contributed by atoms with Crippen molar-refractivity contribution in [1.29, 1.82) is 0 Å². The average molecular weight is 252 g/mol. The Morgan fingerprint density at radius 1 is 1.16 bits per heavy atom. The molecule has 0 unspecified atom stereocenters. The van der Waals surface area contributed by atoms with Gasteiger partial charge in [0.2, 0.25) is 0 Å². The van der Waals surface area contributed by atoms with Crippen molar-refractivity contribution in [1.82, 2.24) is 9.55 Å². The van der Waals surface area contributed by atoms with E-state index in [0.717, 1.165) is 29.0 Å². The van der Waals surface area contributed by atoms with Gasteiger partial charge in [0.05, 0.1) is 16.7 Å². The first kappa shape index (κ1) is 11.7. The maximum atomic E-state index is 5.42. The number of hydrazine groups is 1. The van der Waals surface area contributed by atoms with Gasteiger partial charge in [-0.1, -0.05) is 30.3 Å². The van der Waals surface area contributed by atoms with Gasteiger partial charge in [-0.25, -0.2) is 4.98 Å². The molecule has 0 saturated heterocycles. The first-order chi connectivity index (χ1) is 9.28. The van der Waals surface area contributed by atoms with Crippen LogP contribution in [0.4, 0.5) is 5.69 Å². The van der Waals surface area contributed by atoms with E-state index in [0.29, 0.717) is 0 Å². The lowest BCUT2D eigenvalue weighted by atomic mass is 10.1. The summed E-state index contributed by atoms with van der Waals surface area (Å²) >= 11 is 0. The van der Waals surface area contributed by atoms with Gasteiger partial charge in [0.25, 0.3) is 0 Å². The van der Waals surface area contributed by atoms with Crippen molar-refractivity contribution in [2.24, 2.45) is 12.9 Å². The fourth-order valence-electron chi connectivity index (χ4n) is 2.28. The Morgan fingerprint density at radius 3 is 2.68 bits per heavy atom. The van der Waals surface area contributed by atoms with E-state index in [9.17, 15) is 0 Å². The molecule has 0 radical (unpaired) electrons. The maximum Gasteiger partial charge on any atom is 0.114 e. The van der Waals surface area contributed by atoms with Gasteiger partial charge < -0.3 is 9.99 Å². The van der Waals surface area contributed by atoms with Gasteiger partial charge in [0, 0.05) is 13.5 Å². The molecule has 0 fully saturated rings. The van der Waals surface area contributed by atoms with E-state index >= 15 is 0 Å². The number of nitrogen functional groups attached to an aromatic ring is 1. The van der Waals surface area contributed by atoms with Crippen molar-refractivity contribution in [3.8, 4) is 0 Å². The van der Waals surface area contributed by atoms with Crippen LogP contribution in [-0.2, 0) is 13.5 Å². The first-order valence-corrected chi connectivity index (χ1v) is 6.24. The Bertz CT molecular complexity index is 701. The van der Waals surface area contributed by atoms with Crippen LogP contribution in [0.25, 0.3) is 11.0 Å². The highest BCUT2D eigenvalue weighted by Crippen LogP contribution is 2.20. The second kappa shape index (κ2) is 4.74. The second-order valence-corrected chi connectivity index (χ2v) is 4.60. The highest BCUT2D eigenvalue weighted by Gasteiger charge is 2.08. The lowest BCUT2D eigenvalue weighted by molar-refractivity contribution is 0.845. The van der Waals surface area contributed by atoms with E-state index in [2.05, 4.69) is 39.2 Å². The Labute approximate surface area is 111 Å². The molecule has 0 spiro atoms. The van der Waals surface area contributed by atoms with Crippen molar-refractivity contribution in [3.05, 3.63) is 59.9 Å². The van der Waals surface area contributed by atoms with Crippen LogP contribution in [0.3, 0.4) is 0 Å². The minimum Gasteiger partial charge on any atom is -0.331 e. The van der Waals surface area contributed by atoms with Crippen LogP contribution < -0.4 is 11.3 Å². The van der Waals surface area contributed by atoms with E-state index in [1.54, 1.807) is 0 Å². The quantitative estimate of drug-likeness (QED) is 0.556. The van der Waals surface area contributed by atoms with E-state index in [1.807, 2.05) is 31.3 Å². The molecule has 0 aliphatic rings. The van der Waals surface area contributed by atoms with Gasteiger partial charge in [0.1, 0.15) is 5.82 Å². The lowest BCUT2D eigenvalue weighted by Crippen LogP contribution is -2.06. The van der Waals surface area contributed by atoms with E-state index < -0.39 is 0 Å². The summed E-state index contributed by atoms with van der Waals surface area (Å²) in [7, 11) is 2.04. The molecule has 3 rings (SSSR count). The number of hydrogen-bond acceptors (Lipinski definition) is 3. The van der Waals surface area contributed by atoms with Gasteiger partial charge in [-0.2, -0.15) is 0 Å². The molecule has 0 bridgehead atoms. The fourth-order valence-corrected chi connectivity index (χ4v) is 2.28. The summed E-state index contributed by atoms with van der Waals surface area (Å²) in [6, 6.07) is 16.3. The number of fused-ring (bicyclic) bond motifs is 1. The standard InChI is InChI=1S/C15H16N4/c1-19-14-8-7-12(18-16)10-13(14)17-15(19)9-11-5-3-2-4-6-11/h2-8,10,18H,9,16H2,1H3. The predicted octanol–water partition coefficient (Wildman–Crippen LogP) is 2.45. The SMILES string of the molecule is Cn1c(Cc2ccccc2)nc2cc(NN)ccc21. The second-order valence-electron chi connectivity index (χ2n) is 4.60. The molecule has 1 heterocycles. The zero-order chi connectivity index (χ0) is 13.2. The van der Waals surface area contributed by atoms with Crippen molar-refractivity contribution in [2.45, 2.75) is 6.42 Å². The zero-order valence-corrected chi connectivity index (χ0v) is 10.8. The first-order valence-electron chi connectivity index (χ1n) is 6.24. The molecule has 2 aromatic carbocycles. The monoisotopic (exact) mass is 252 g/mol. The number of nitrogens with one attached hydrogen (secondary N) is 1. The van der Waals surface area contributed by atoms with Crippen molar-refractivity contribution < 1.29 is 0 Å². The molecule has 96 valence electrons. The lowest BCUT2D eigenvalue weighted by Gasteiger charge is -2.02. The maximum absolute atomic E-state index is 5.42. The number of rotatable bonds is 3. The van der Waals surface area contributed by atoms with Crippen LogP contribution in [-0.4, -0.2) is 9.55 Å². The highest BCUT2D eigenvalue weighted by molar-refractivity contribution is 5.80. The third kappa shape index (κ3) is 2.18. The molecule has 0 atom stereocenters. The Morgan fingerprint density at radius 2 is 1.95 bits per heavy atom. The van der Waals surface area contributed by atoms with Crippen LogP contribution in [0, 0.1) is 0 Å². The molecule has 4 nitrogen and oxygen atoms in total. The van der Waals surface area contributed by atoms with E-state index in [-0.39, 0.29) is 0 Å². The number of imidazole rings is 1. The molecular formula is C15H16N4. The predicted molar refractivity (Wildman–Crippen MR) is 77.8 cm³/mol. The molecule has 4 heteroatoms. The van der Waals surface area contributed by atoms with Crippen LogP contribution in [0.5, 0.6) is 0 Å². The van der Waals surface area contributed by atoms with Crippen LogP contribution in [0.2, 0.25) is 0 Å². The van der Waals surface area contributed by atoms with Gasteiger partial charge in [0.15, 0.2) is 0 Å². The number of aromatic nitrogens is 2. The number of anilines is 1. The largest absolute Gasteiger partial charge is 0.331 e. The van der Waals surface area contributed by atoms with Crippen LogP contribution in [0.1, 0.15) is 11.4 Å². The van der Waals surface area contributed by atoms with Gasteiger partial charge in [-0.3, -0.25) is 5.84 Å². The van der Waals surface area contributed by atoms with Crippen LogP contribution in [0.15, 0.2) is 48.5 Å². The van der Waals surface area contributed by atoms with E-state index in [1.165, 1.54) is 5.56 Å². The van der Waals surface area contributed by atoms with Gasteiger partial charge in [-0.05, 0) is 23.8 Å². The summed E-state index contributed by atoms with van der Waals surface area (Å²) in [5.41, 5.74) is 6.86. The molecule has 0 saturated carbocycles. The number of hydrogen-bond donors (Lipinski definition) is 2. The summed E-state index contributed by atoms with van der Waals surface area (Å²) in [5, 5.41) is 0. The fraction of sp³-hybridized carbons (Fsp3) is 0.133. The van der Waals surface area contributed by atoms with Gasteiger partial charge >= 0.3 is 0 Å². The molecule has 0 aliphatic heterocycles. The Balaban J connectivity index is 2.02. The molecule has 0 amide bonds. The molecule has 0 aliphatic carbocycles. The van der Waals surface area contributed by atoms with Crippen molar-refractivity contribution in [3.63, 3.8) is 0 Å². The molecule has 19 heavy (non-hydrogen) atoms.